The van der Waals surface area contributed by atoms with E-state index in [0.29, 0.717) is 16.5 Å². The number of nitrogens with zero attached hydrogens (tertiary/aromatic N) is 3. The summed E-state index contributed by atoms with van der Waals surface area (Å²) < 4.78 is 1.26. The van der Waals surface area contributed by atoms with E-state index in [1.807, 2.05) is 24.3 Å². The average molecular weight is 576 g/mol. The summed E-state index contributed by atoms with van der Waals surface area (Å²) in [5, 5.41) is 10.6. The zero-order valence-electron chi connectivity index (χ0n) is 17.8. The van der Waals surface area contributed by atoms with E-state index in [1.165, 1.54) is 14.7 Å². The summed E-state index contributed by atoms with van der Waals surface area (Å²) >= 11 is 15.1. The minimum absolute atomic E-state index is 0.148. The number of hydrogen-bond donors (Lipinski definition) is 0. The smallest absolute Gasteiger partial charge is 0.0992 e. The molecule has 0 saturated carbocycles. The first-order chi connectivity index (χ1) is 15.4. The van der Waals surface area contributed by atoms with Crippen LogP contribution in [0.25, 0.3) is 0 Å². The molecule has 1 unspecified atom stereocenters. The Bertz CT molecular complexity index is 1110. The number of benzene rings is 3. The Hall–Kier alpha value is -1.78. The monoisotopic (exact) mass is 575 g/mol. The lowest BCUT2D eigenvalue weighted by Gasteiger charge is -2.44. The molecule has 0 N–H and O–H groups in total. The van der Waals surface area contributed by atoms with Crippen LogP contribution in [0.5, 0.6) is 0 Å². The molecule has 0 amide bonds. The van der Waals surface area contributed by atoms with Crippen molar-refractivity contribution >= 4 is 51.5 Å². The zero-order chi connectivity index (χ0) is 22.7. The van der Waals surface area contributed by atoms with Gasteiger partial charge in [0.05, 0.1) is 28.4 Å². The van der Waals surface area contributed by atoms with Crippen molar-refractivity contribution in [1.82, 2.24) is 4.90 Å². The summed E-state index contributed by atoms with van der Waals surface area (Å²) in [5.74, 6) is 0.447. The maximum Gasteiger partial charge on any atom is 0.0992 e. The highest BCUT2D eigenvalue weighted by Crippen LogP contribution is 2.36. The van der Waals surface area contributed by atoms with Gasteiger partial charge in [-0.3, -0.25) is 4.90 Å². The maximum atomic E-state index is 9.21. The lowest BCUT2D eigenvalue weighted by molar-refractivity contribution is 0.214. The largest absolute Gasteiger partial charge is 0.361 e. The summed E-state index contributed by atoms with van der Waals surface area (Å²) in [6.07, 6.45) is 0. The predicted molar refractivity (Wildman–Crippen MR) is 142 cm³/mol. The summed E-state index contributed by atoms with van der Waals surface area (Å²) in [5.41, 5.74) is 4.12. The first kappa shape index (κ1) is 23.4. The molecule has 1 heterocycles. The molecule has 32 heavy (non-hydrogen) atoms. The van der Waals surface area contributed by atoms with Crippen LogP contribution < -0.4 is 4.90 Å². The van der Waals surface area contributed by atoms with Gasteiger partial charge in [-0.15, -0.1) is 0 Å². The van der Waals surface area contributed by atoms with Crippen molar-refractivity contribution in [1.29, 1.82) is 5.26 Å². The van der Waals surface area contributed by atoms with Gasteiger partial charge in [-0.25, -0.2) is 0 Å². The highest BCUT2D eigenvalue weighted by Gasteiger charge is 2.30. The Morgan fingerprint density at radius 3 is 2.41 bits per heavy atom. The van der Waals surface area contributed by atoms with Crippen molar-refractivity contribution in [2.24, 2.45) is 0 Å². The van der Waals surface area contributed by atoms with E-state index in [0.717, 1.165) is 36.9 Å². The van der Waals surface area contributed by atoms with Crippen molar-refractivity contribution in [2.45, 2.75) is 18.9 Å². The molecule has 1 aliphatic heterocycles. The molecule has 2 atom stereocenters. The van der Waals surface area contributed by atoms with Gasteiger partial charge >= 0.3 is 0 Å². The fraction of sp³-hybridized carbons (Fsp3) is 0.269. The first-order valence-corrected chi connectivity index (χ1v) is 12.5. The van der Waals surface area contributed by atoms with Crippen LogP contribution in [0.1, 0.15) is 35.6 Å². The average Bonchev–Trinajstić information content (AvgIpc) is 2.80. The number of piperazine rings is 1. The molecule has 0 radical (unpaired) electrons. The van der Waals surface area contributed by atoms with E-state index < -0.39 is 0 Å². The fourth-order valence-electron chi connectivity index (χ4n) is 4.36. The van der Waals surface area contributed by atoms with Gasteiger partial charge in [-0.2, -0.15) is 5.26 Å². The molecular weight excluding hydrogens is 552 g/mol. The van der Waals surface area contributed by atoms with E-state index in [4.69, 9.17) is 23.2 Å². The molecule has 0 aromatic heterocycles. The molecule has 6 heteroatoms. The number of nitriles is 1. The van der Waals surface area contributed by atoms with Crippen LogP contribution in [-0.4, -0.2) is 31.1 Å². The van der Waals surface area contributed by atoms with Gasteiger partial charge in [0, 0.05) is 34.8 Å². The molecule has 1 aliphatic rings. The number of hydrogen-bond acceptors (Lipinski definition) is 3. The third kappa shape index (κ3) is 5.40. The molecule has 3 aromatic carbocycles. The van der Waals surface area contributed by atoms with E-state index in [2.05, 4.69) is 81.8 Å². The fourth-order valence-corrected chi connectivity index (χ4v) is 5.13. The van der Waals surface area contributed by atoms with Crippen LogP contribution in [0, 0.1) is 14.9 Å². The minimum Gasteiger partial charge on any atom is -0.361 e. The van der Waals surface area contributed by atoms with Crippen LogP contribution >= 0.6 is 45.8 Å². The van der Waals surface area contributed by atoms with Crippen molar-refractivity contribution in [3.05, 3.63) is 97.0 Å². The molecular formula is C26H24Cl2IN3. The number of rotatable bonds is 5. The van der Waals surface area contributed by atoms with E-state index in [9.17, 15) is 5.26 Å². The number of anilines is 1. The van der Waals surface area contributed by atoms with Gasteiger partial charge in [0.1, 0.15) is 0 Å². The Morgan fingerprint density at radius 1 is 1.03 bits per heavy atom. The molecule has 0 bridgehead atoms. The Balaban J connectivity index is 1.58. The van der Waals surface area contributed by atoms with Crippen molar-refractivity contribution < 1.29 is 0 Å². The van der Waals surface area contributed by atoms with E-state index in [-0.39, 0.29) is 6.04 Å². The Morgan fingerprint density at radius 2 is 1.75 bits per heavy atom. The molecule has 3 aromatic rings. The number of halogens is 3. The van der Waals surface area contributed by atoms with Crippen molar-refractivity contribution in [2.75, 3.05) is 31.1 Å². The van der Waals surface area contributed by atoms with Crippen molar-refractivity contribution in [3.63, 3.8) is 0 Å². The van der Waals surface area contributed by atoms with Crippen LogP contribution in [-0.2, 0) is 0 Å². The van der Waals surface area contributed by atoms with Crippen LogP contribution in [0.4, 0.5) is 5.69 Å². The summed E-state index contributed by atoms with van der Waals surface area (Å²) in [4.78, 5) is 4.90. The van der Waals surface area contributed by atoms with Crippen LogP contribution in [0.15, 0.2) is 66.7 Å². The second-order valence-corrected chi connectivity index (χ2v) is 10.3. The topological polar surface area (TPSA) is 30.3 Å². The molecule has 0 spiro atoms. The second-order valence-electron chi connectivity index (χ2n) is 8.25. The quantitative estimate of drug-likeness (QED) is 0.303. The van der Waals surface area contributed by atoms with Gasteiger partial charge < -0.3 is 4.90 Å². The van der Waals surface area contributed by atoms with Gasteiger partial charge in [0.15, 0.2) is 0 Å². The minimum atomic E-state index is 0.148. The molecule has 4 rings (SSSR count). The van der Waals surface area contributed by atoms with Gasteiger partial charge in [0.25, 0.3) is 0 Å². The van der Waals surface area contributed by atoms with Gasteiger partial charge in [-0.05, 0) is 82.1 Å². The molecule has 1 saturated heterocycles. The maximum absolute atomic E-state index is 9.21. The molecule has 164 valence electrons. The standard InChI is InChI=1S/C26H24Cl2IN3/c1-18(20-5-9-23(29)10-6-20)16-31-12-13-32(25-11-2-19(15-30)14-24(25)28)26(17-31)21-3-7-22(27)8-4-21/h2-11,14,18,26H,12-13,16-17H2,1H3/t18-,26?/m0/s1. The van der Waals surface area contributed by atoms with E-state index in [1.54, 1.807) is 6.07 Å². The SMILES string of the molecule is C[C@@H](CN1CCN(c2ccc(C#N)cc2Cl)C(c2ccc(Cl)cc2)C1)c1ccc(I)cc1. The Kier molecular flexibility index (Phi) is 7.63. The third-order valence-corrected chi connectivity index (χ3v) is 7.35. The lowest BCUT2D eigenvalue weighted by atomic mass is 9.97. The van der Waals surface area contributed by atoms with E-state index >= 15 is 0 Å². The normalized spacial score (nSPS) is 17.7. The summed E-state index contributed by atoms with van der Waals surface area (Å²) in [7, 11) is 0. The third-order valence-electron chi connectivity index (χ3n) is 6.08. The highest BCUT2D eigenvalue weighted by molar-refractivity contribution is 14.1. The van der Waals surface area contributed by atoms with Crippen molar-refractivity contribution in [3.8, 4) is 6.07 Å². The van der Waals surface area contributed by atoms with Crippen LogP contribution in [0.3, 0.4) is 0 Å². The zero-order valence-corrected chi connectivity index (χ0v) is 21.5. The molecule has 1 fully saturated rings. The predicted octanol–water partition coefficient (Wildman–Crippen LogP) is 7.14. The highest BCUT2D eigenvalue weighted by atomic mass is 127. The Labute approximate surface area is 213 Å². The summed E-state index contributed by atoms with van der Waals surface area (Å²) in [6.45, 7) is 6.00. The van der Waals surface area contributed by atoms with Gasteiger partial charge in [0.2, 0.25) is 0 Å². The van der Waals surface area contributed by atoms with Gasteiger partial charge in [-0.1, -0.05) is 54.4 Å². The molecule has 3 nitrogen and oxygen atoms in total. The molecule has 0 aliphatic carbocycles. The lowest BCUT2D eigenvalue weighted by Crippen LogP contribution is -2.49. The summed E-state index contributed by atoms with van der Waals surface area (Å²) in [6, 6.07) is 24.8. The first-order valence-electron chi connectivity index (χ1n) is 10.6. The second kappa shape index (κ2) is 10.4. The van der Waals surface area contributed by atoms with Crippen LogP contribution in [0.2, 0.25) is 10.0 Å².